The molecule has 2 aromatic rings. The molecule has 4 rings (SSSR count). The van der Waals surface area contributed by atoms with Crippen LogP contribution in [0, 0.1) is 5.92 Å². The summed E-state index contributed by atoms with van der Waals surface area (Å²) in [5, 5.41) is 12.3. The van der Waals surface area contributed by atoms with Crippen molar-refractivity contribution >= 4 is 17.7 Å². The lowest BCUT2D eigenvalue weighted by Gasteiger charge is -2.39. The van der Waals surface area contributed by atoms with E-state index >= 15 is 0 Å². The molecule has 35 heavy (non-hydrogen) atoms. The largest absolute Gasteiger partial charge is 0.497 e. The minimum absolute atomic E-state index is 0.0228. The summed E-state index contributed by atoms with van der Waals surface area (Å²) in [6.07, 6.45) is 4.58. The predicted molar refractivity (Wildman–Crippen MR) is 137 cm³/mol. The molecule has 188 valence electrons. The van der Waals surface area contributed by atoms with Gasteiger partial charge in [0, 0.05) is 31.4 Å². The number of fused-ring (bicyclic) bond motifs is 1. The fourth-order valence-corrected chi connectivity index (χ4v) is 5.44. The van der Waals surface area contributed by atoms with E-state index in [1.807, 2.05) is 30.3 Å². The molecular weight excluding hydrogens is 442 g/mol. The molecule has 1 heterocycles. The minimum atomic E-state index is -0.799. The van der Waals surface area contributed by atoms with E-state index in [2.05, 4.69) is 29.3 Å². The van der Waals surface area contributed by atoms with Crippen molar-refractivity contribution in [2.24, 2.45) is 5.92 Å². The molecule has 0 saturated carbocycles. The van der Waals surface area contributed by atoms with Crippen molar-refractivity contribution in [1.29, 1.82) is 0 Å². The zero-order valence-electron chi connectivity index (χ0n) is 20.8. The Hall–Kier alpha value is -3.06. The number of aryl methyl sites for hydroxylation is 1. The van der Waals surface area contributed by atoms with Crippen LogP contribution in [0.25, 0.3) is 0 Å². The maximum atomic E-state index is 12.6. The molecular formula is C28H37N3O4. The summed E-state index contributed by atoms with van der Waals surface area (Å²) in [4.78, 5) is 27.9. The third-order valence-corrected chi connectivity index (χ3v) is 7.52. The predicted octanol–water partition coefficient (Wildman–Crippen LogP) is 4.45. The Bertz CT molecular complexity index is 1020. The standard InChI is InChI=1S/C28H37N3O4/c1-3-30(19-21-12-14-31(15-13-21)28(33)34)25-9-7-22-6-8-24(17-23(22)18-25)29-27(32)16-20-4-10-26(35-2)11-5-20/h4-6,8,10-11,17,21,25H,3,7,9,12-16,18-19H2,1-2H3,(H,29,32)(H,33,34). The average Bonchev–Trinajstić information content (AvgIpc) is 2.87. The van der Waals surface area contributed by atoms with Gasteiger partial charge in [0.25, 0.3) is 0 Å². The van der Waals surface area contributed by atoms with E-state index < -0.39 is 6.09 Å². The fraction of sp³-hybridized carbons (Fsp3) is 0.500. The lowest BCUT2D eigenvalue weighted by atomic mass is 9.86. The van der Waals surface area contributed by atoms with Gasteiger partial charge in [-0.25, -0.2) is 4.79 Å². The zero-order valence-corrected chi connectivity index (χ0v) is 20.8. The highest BCUT2D eigenvalue weighted by Crippen LogP contribution is 2.29. The second kappa shape index (κ2) is 11.6. The number of benzene rings is 2. The number of anilines is 1. The number of rotatable bonds is 8. The number of carbonyl (C=O) groups excluding carboxylic acids is 1. The van der Waals surface area contributed by atoms with Gasteiger partial charge in [0.2, 0.25) is 5.91 Å². The van der Waals surface area contributed by atoms with Crippen LogP contribution >= 0.6 is 0 Å². The minimum Gasteiger partial charge on any atom is -0.497 e. The lowest BCUT2D eigenvalue weighted by molar-refractivity contribution is -0.115. The summed E-state index contributed by atoms with van der Waals surface area (Å²) in [7, 11) is 1.63. The van der Waals surface area contributed by atoms with E-state index in [4.69, 9.17) is 4.74 Å². The first-order chi connectivity index (χ1) is 16.9. The van der Waals surface area contributed by atoms with Crippen molar-refractivity contribution in [3.63, 3.8) is 0 Å². The summed E-state index contributed by atoms with van der Waals surface area (Å²) in [6.45, 7) is 5.53. The van der Waals surface area contributed by atoms with Gasteiger partial charge in [-0.1, -0.05) is 25.1 Å². The van der Waals surface area contributed by atoms with E-state index in [9.17, 15) is 14.7 Å². The fourth-order valence-electron chi connectivity index (χ4n) is 5.44. The number of ether oxygens (including phenoxy) is 1. The van der Waals surface area contributed by atoms with Gasteiger partial charge in [0.05, 0.1) is 13.5 Å². The molecule has 2 aromatic carbocycles. The van der Waals surface area contributed by atoms with Crippen molar-refractivity contribution in [3.8, 4) is 5.75 Å². The van der Waals surface area contributed by atoms with Crippen molar-refractivity contribution < 1.29 is 19.4 Å². The first-order valence-electron chi connectivity index (χ1n) is 12.7. The number of hydrogen-bond donors (Lipinski definition) is 2. The van der Waals surface area contributed by atoms with E-state index in [-0.39, 0.29) is 5.91 Å². The first-order valence-corrected chi connectivity index (χ1v) is 12.7. The van der Waals surface area contributed by atoms with Crippen molar-refractivity contribution in [2.75, 3.05) is 38.6 Å². The van der Waals surface area contributed by atoms with Crippen LogP contribution in [0.4, 0.5) is 10.5 Å². The van der Waals surface area contributed by atoms with Gasteiger partial charge in [0.15, 0.2) is 0 Å². The quantitative estimate of drug-likeness (QED) is 0.585. The van der Waals surface area contributed by atoms with E-state index in [0.717, 1.165) is 62.2 Å². The normalized spacial score (nSPS) is 18.3. The number of piperidine rings is 1. The van der Waals surface area contributed by atoms with Crippen LogP contribution in [0.2, 0.25) is 0 Å². The van der Waals surface area contributed by atoms with Gasteiger partial charge in [-0.2, -0.15) is 0 Å². The summed E-state index contributed by atoms with van der Waals surface area (Å²) < 4.78 is 5.18. The van der Waals surface area contributed by atoms with E-state index in [1.54, 1.807) is 7.11 Å². The van der Waals surface area contributed by atoms with Gasteiger partial charge in [0.1, 0.15) is 5.75 Å². The summed E-state index contributed by atoms with van der Waals surface area (Å²) in [5.74, 6) is 1.31. The molecule has 0 bridgehead atoms. The Kier molecular flexibility index (Phi) is 8.29. The van der Waals surface area contributed by atoms with Crippen LogP contribution in [0.3, 0.4) is 0 Å². The Morgan fingerprint density at radius 1 is 1.09 bits per heavy atom. The van der Waals surface area contributed by atoms with E-state index in [1.165, 1.54) is 16.0 Å². The van der Waals surface area contributed by atoms with Gasteiger partial charge in [-0.3, -0.25) is 4.79 Å². The Morgan fingerprint density at radius 2 is 1.83 bits per heavy atom. The van der Waals surface area contributed by atoms with Crippen LogP contribution in [0.15, 0.2) is 42.5 Å². The van der Waals surface area contributed by atoms with Crippen LogP contribution in [-0.2, 0) is 24.1 Å². The molecule has 7 heteroatoms. The molecule has 1 aliphatic carbocycles. The second-order valence-electron chi connectivity index (χ2n) is 9.75. The molecule has 0 radical (unpaired) electrons. The number of nitrogens with one attached hydrogen (secondary N) is 1. The molecule has 1 fully saturated rings. The molecule has 7 nitrogen and oxygen atoms in total. The number of likely N-dealkylation sites (tertiary alicyclic amines) is 1. The van der Waals surface area contributed by atoms with Gasteiger partial charge in [-0.15, -0.1) is 0 Å². The smallest absolute Gasteiger partial charge is 0.407 e. The molecule has 2 amide bonds. The third-order valence-electron chi connectivity index (χ3n) is 7.52. The summed E-state index contributed by atoms with van der Waals surface area (Å²) in [5.41, 5.74) is 4.50. The van der Waals surface area contributed by atoms with Gasteiger partial charge >= 0.3 is 6.09 Å². The number of amides is 2. The number of likely N-dealkylation sites (N-methyl/N-ethyl adjacent to an activating group) is 1. The molecule has 0 aromatic heterocycles. The Morgan fingerprint density at radius 3 is 2.49 bits per heavy atom. The Labute approximate surface area is 208 Å². The first kappa shape index (κ1) is 25.0. The molecule has 1 saturated heterocycles. The second-order valence-corrected chi connectivity index (χ2v) is 9.75. The van der Waals surface area contributed by atoms with Crippen molar-refractivity contribution in [1.82, 2.24) is 9.80 Å². The number of nitrogens with zero attached hydrogens (tertiary/aromatic N) is 2. The van der Waals surface area contributed by atoms with E-state index in [0.29, 0.717) is 31.5 Å². The number of carbonyl (C=O) groups is 2. The van der Waals surface area contributed by atoms with Gasteiger partial charge in [-0.05, 0) is 85.5 Å². The molecule has 1 unspecified atom stereocenters. The third kappa shape index (κ3) is 6.54. The zero-order chi connectivity index (χ0) is 24.8. The topological polar surface area (TPSA) is 82.1 Å². The van der Waals surface area contributed by atoms with Gasteiger partial charge < -0.3 is 25.0 Å². The maximum Gasteiger partial charge on any atom is 0.407 e. The van der Waals surface area contributed by atoms with Crippen molar-refractivity contribution in [3.05, 3.63) is 59.2 Å². The van der Waals surface area contributed by atoms with Crippen LogP contribution in [0.5, 0.6) is 5.75 Å². The molecule has 2 aliphatic rings. The van der Waals surface area contributed by atoms with Crippen LogP contribution in [-0.4, -0.2) is 66.2 Å². The Balaban J connectivity index is 1.33. The van der Waals surface area contributed by atoms with Crippen LogP contribution in [0.1, 0.15) is 42.9 Å². The lowest BCUT2D eigenvalue weighted by Crippen LogP contribution is -2.45. The molecule has 1 atom stereocenters. The molecule has 0 spiro atoms. The summed E-state index contributed by atoms with van der Waals surface area (Å²) in [6, 6.07) is 14.4. The van der Waals surface area contributed by atoms with Crippen LogP contribution < -0.4 is 10.1 Å². The summed E-state index contributed by atoms with van der Waals surface area (Å²) >= 11 is 0. The molecule has 2 N–H and O–H groups in total. The number of hydrogen-bond acceptors (Lipinski definition) is 4. The number of methoxy groups -OCH3 is 1. The average molecular weight is 480 g/mol. The molecule has 1 aliphatic heterocycles. The highest BCUT2D eigenvalue weighted by Gasteiger charge is 2.28. The highest BCUT2D eigenvalue weighted by molar-refractivity contribution is 5.92. The van der Waals surface area contributed by atoms with Crippen molar-refractivity contribution in [2.45, 2.75) is 51.5 Å². The monoisotopic (exact) mass is 479 g/mol. The maximum absolute atomic E-state index is 12.6. The highest BCUT2D eigenvalue weighted by atomic mass is 16.5. The SMILES string of the molecule is CCN(CC1CCN(C(=O)O)CC1)C1CCc2ccc(NC(=O)Cc3ccc(OC)cc3)cc2C1. The number of carboxylic acid groups (broad SMARTS) is 1.